The zero-order valence-electron chi connectivity index (χ0n) is 22.8. The first kappa shape index (κ1) is 25.4. The van der Waals surface area contributed by atoms with Gasteiger partial charge in [-0.3, -0.25) is 0 Å². The largest absolute Gasteiger partial charge is 0.493 e. The molecule has 39 heavy (non-hydrogen) atoms. The summed E-state index contributed by atoms with van der Waals surface area (Å²) in [4.78, 5) is 0. The number of aryl methyl sites for hydroxylation is 2. The van der Waals surface area contributed by atoms with Gasteiger partial charge in [-0.2, -0.15) is 4.57 Å². The lowest BCUT2D eigenvalue weighted by atomic mass is 9.88. The third-order valence-corrected chi connectivity index (χ3v) is 7.74. The van der Waals surface area contributed by atoms with Crippen molar-refractivity contribution in [1.82, 2.24) is 0 Å². The standard InChI is InChI=1S/C31H32NO7/c1-33-26-11-10-22-24(14-19-6-8-21(9-7-19)31(35-3,36-4)37-5)29-23-16-28-27(38-18-39-28)15-20(23)12-13-32(29)17-25(22)30(26)34-2/h6-11,15-17H,12-14,18H2,1-5H3/q+1. The highest BCUT2D eigenvalue weighted by Crippen LogP contribution is 2.44. The van der Waals surface area contributed by atoms with Crippen LogP contribution in [0.15, 0.2) is 54.7 Å². The van der Waals surface area contributed by atoms with Crippen LogP contribution in [0.5, 0.6) is 23.0 Å². The SMILES string of the molecule is COc1ccc2c(Cc3ccc(C(OC)(OC)OC)cc3)c3[n+](cc2c1OC)CCc1cc2c(cc1-3)OCO2. The number of rotatable bonds is 8. The number of hydrogen-bond donors (Lipinski definition) is 0. The molecule has 3 heterocycles. The lowest BCUT2D eigenvalue weighted by Crippen LogP contribution is -2.41. The average Bonchev–Trinajstić information content (AvgIpc) is 3.44. The molecule has 0 amide bonds. The number of pyridine rings is 1. The molecule has 0 atom stereocenters. The third-order valence-electron chi connectivity index (χ3n) is 7.74. The van der Waals surface area contributed by atoms with E-state index in [-0.39, 0.29) is 6.79 Å². The molecular weight excluding hydrogens is 498 g/mol. The minimum atomic E-state index is -1.25. The molecule has 2 aliphatic rings. The topological polar surface area (TPSA) is 68.5 Å². The molecule has 1 aromatic heterocycles. The molecule has 8 heteroatoms. The van der Waals surface area contributed by atoms with Gasteiger partial charge in [0.2, 0.25) is 12.5 Å². The number of ether oxygens (including phenoxy) is 7. The molecule has 0 N–H and O–H groups in total. The Morgan fingerprint density at radius 2 is 1.54 bits per heavy atom. The molecule has 2 aliphatic heterocycles. The van der Waals surface area contributed by atoms with E-state index in [9.17, 15) is 0 Å². The van der Waals surface area contributed by atoms with E-state index >= 15 is 0 Å². The monoisotopic (exact) mass is 530 g/mol. The van der Waals surface area contributed by atoms with E-state index < -0.39 is 5.97 Å². The Morgan fingerprint density at radius 3 is 2.21 bits per heavy atom. The summed E-state index contributed by atoms with van der Waals surface area (Å²) in [5.41, 5.74) is 6.68. The number of nitrogens with zero attached hydrogens (tertiary/aromatic N) is 1. The summed E-state index contributed by atoms with van der Waals surface area (Å²) < 4.78 is 41.9. The van der Waals surface area contributed by atoms with Crippen molar-refractivity contribution >= 4 is 10.8 Å². The van der Waals surface area contributed by atoms with E-state index in [4.69, 9.17) is 33.2 Å². The Bertz CT molecular complexity index is 1540. The molecule has 202 valence electrons. The Hall–Kier alpha value is -3.85. The van der Waals surface area contributed by atoms with Gasteiger partial charge in [-0.1, -0.05) is 24.3 Å². The molecule has 0 radical (unpaired) electrons. The first-order valence-corrected chi connectivity index (χ1v) is 12.8. The summed E-state index contributed by atoms with van der Waals surface area (Å²) in [7, 11) is 8.03. The van der Waals surface area contributed by atoms with Crippen LogP contribution < -0.4 is 23.5 Å². The summed E-state index contributed by atoms with van der Waals surface area (Å²) in [5.74, 6) is 1.77. The Labute approximate surface area is 227 Å². The Morgan fingerprint density at radius 1 is 0.821 bits per heavy atom. The molecule has 0 aliphatic carbocycles. The molecule has 0 spiro atoms. The van der Waals surface area contributed by atoms with Gasteiger partial charge in [-0.05, 0) is 35.4 Å². The van der Waals surface area contributed by atoms with Gasteiger partial charge < -0.3 is 33.2 Å². The van der Waals surface area contributed by atoms with Crippen LogP contribution in [0.3, 0.4) is 0 Å². The first-order valence-electron chi connectivity index (χ1n) is 12.8. The number of fused-ring (bicyclic) bond motifs is 5. The number of aromatic nitrogens is 1. The quantitative estimate of drug-likeness (QED) is 0.241. The lowest BCUT2D eigenvalue weighted by molar-refractivity contribution is -0.686. The fourth-order valence-electron chi connectivity index (χ4n) is 5.82. The van der Waals surface area contributed by atoms with Crippen LogP contribution in [0.2, 0.25) is 0 Å². The van der Waals surface area contributed by atoms with E-state index in [2.05, 4.69) is 41.1 Å². The van der Waals surface area contributed by atoms with Gasteiger partial charge in [0.25, 0.3) is 0 Å². The third kappa shape index (κ3) is 4.07. The fraction of sp³-hybridized carbons (Fsp3) is 0.323. The molecule has 3 aromatic carbocycles. The smallest absolute Gasteiger partial charge is 0.311 e. The average molecular weight is 531 g/mol. The molecule has 0 bridgehead atoms. The van der Waals surface area contributed by atoms with E-state index in [1.165, 1.54) is 16.8 Å². The van der Waals surface area contributed by atoms with E-state index in [0.29, 0.717) is 12.2 Å². The van der Waals surface area contributed by atoms with Crippen LogP contribution in [0, 0.1) is 0 Å². The summed E-state index contributed by atoms with van der Waals surface area (Å²) in [6.07, 6.45) is 3.76. The first-order chi connectivity index (χ1) is 19.0. The van der Waals surface area contributed by atoms with Crippen molar-refractivity contribution in [3.8, 4) is 34.3 Å². The maximum absolute atomic E-state index is 5.85. The highest BCUT2D eigenvalue weighted by molar-refractivity contribution is 5.95. The van der Waals surface area contributed by atoms with Gasteiger partial charge in [-0.25, -0.2) is 0 Å². The van der Waals surface area contributed by atoms with Crippen LogP contribution >= 0.6 is 0 Å². The molecule has 0 fully saturated rings. The second-order valence-corrected chi connectivity index (χ2v) is 9.57. The molecular formula is C31H32NO7+. The molecule has 8 nitrogen and oxygen atoms in total. The van der Waals surface area contributed by atoms with Crippen LogP contribution in [-0.2, 0) is 39.6 Å². The van der Waals surface area contributed by atoms with Crippen molar-refractivity contribution in [2.45, 2.75) is 25.4 Å². The van der Waals surface area contributed by atoms with Gasteiger partial charge in [0.15, 0.2) is 35.7 Å². The van der Waals surface area contributed by atoms with Crippen LogP contribution in [0.4, 0.5) is 0 Å². The van der Waals surface area contributed by atoms with Gasteiger partial charge in [0.05, 0.1) is 25.2 Å². The lowest BCUT2D eigenvalue weighted by Gasteiger charge is -2.29. The summed E-state index contributed by atoms with van der Waals surface area (Å²) in [6.45, 7) is 1.08. The molecule has 6 rings (SSSR count). The highest BCUT2D eigenvalue weighted by Gasteiger charge is 2.34. The second-order valence-electron chi connectivity index (χ2n) is 9.57. The maximum atomic E-state index is 5.85. The van der Waals surface area contributed by atoms with Crippen LogP contribution in [-0.4, -0.2) is 42.3 Å². The number of methoxy groups -OCH3 is 5. The predicted molar refractivity (Wildman–Crippen MR) is 144 cm³/mol. The molecule has 0 unspecified atom stereocenters. The summed E-state index contributed by atoms with van der Waals surface area (Å²) in [6, 6.07) is 16.5. The predicted octanol–water partition coefficient (Wildman–Crippen LogP) is 4.74. The van der Waals surface area contributed by atoms with Crippen LogP contribution in [0.25, 0.3) is 22.0 Å². The van der Waals surface area contributed by atoms with Crippen molar-refractivity contribution in [3.05, 3.63) is 77.0 Å². The number of hydrogen-bond acceptors (Lipinski definition) is 7. The summed E-state index contributed by atoms with van der Waals surface area (Å²) >= 11 is 0. The van der Waals surface area contributed by atoms with Crippen molar-refractivity contribution in [3.63, 3.8) is 0 Å². The van der Waals surface area contributed by atoms with Crippen molar-refractivity contribution in [2.24, 2.45) is 0 Å². The van der Waals surface area contributed by atoms with Gasteiger partial charge in [0.1, 0.15) is 0 Å². The minimum absolute atomic E-state index is 0.248. The number of benzene rings is 3. The normalized spacial score (nSPS) is 13.8. The maximum Gasteiger partial charge on any atom is 0.311 e. The summed E-state index contributed by atoms with van der Waals surface area (Å²) in [5, 5.41) is 2.11. The zero-order chi connectivity index (χ0) is 27.1. The van der Waals surface area contributed by atoms with Crippen molar-refractivity contribution < 1.29 is 37.7 Å². The van der Waals surface area contributed by atoms with E-state index in [1.807, 2.05) is 18.2 Å². The minimum Gasteiger partial charge on any atom is -0.493 e. The molecule has 0 saturated carbocycles. The van der Waals surface area contributed by atoms with E-state index in [1.54, 1.807) is 35.5 Å². The zero-order valence-corrected chi connectivity index (χ0v) is 22.8. The highest BCUT2D eigenvalue weighted by atomic mass is 16.9. The second kappa shape index (κ2) is 10.0. The Balaban J connectivity index is 1.54. The fourth-order valence-corrected chi connectivity index (χ4v) is 5.82. The molecule has 4 aromatic rings. The Kier molecular flexibility index (Phi) is 6.54. The molecule has 0 saturated heterocycles. The van der Waals surface area contributed by atoms with Gasteiger partial charge in [-0.15, -0.1) is 0 Å². The van der Waals surface area contributed by atoms with Gasteiger partial charge in [0, 0.05) is 50.7 Å². The van der Waals surface area contributed by atoms with Crippen LogP contribution in [0.1, 0.15) is 22.3 Å². The van der Waals surface area contributed by atoms with E-state index in [0.717, 1.165) is 57.7 Å². The van der Waals surface area contributed by atoms with Crippen molar-refractivity contribution in [1.29, 1.82) is 0 Å². The van der Waals surface area contributed by atoms with Gasteiger partial charge >= 0.3 is 5.97 Å². The van der Waals surface area contributed by atoms with Crippen molar-refractivity contribution in [2.75, 3.05) is 42.3 Å².